The van der Waals surface area contributed by atoms with Crippen LogP contribution in [0.4, 0.5) is 34.1 Å². The molecule has 0 bridgehead atoms. The lowest BCUT2D eigenvalue weighted by Gasteiger charge is -2.28. The maximum atomic E-state index is 2.43. The van der Waals surface area contributed by atoms with Gasteiger partial charge < -0.3 is 9.80 Å². The highest BCUT2D eigenvalue weighted by Crippen LogP contribution is 2.52. The molecule has 2 aliphatic heterocycles. The van der Waals surface area contributed by atoms with E-state index in [4.69, 9.17) is 0 Å². The summed E-state index contributed by atoms with van der Waals surface area (Å²) in [6.07, 6.45) is 0. The summed E-state index contributed by atoms with van der Waals surface area (Å²) in [5.74, 6) is 0. The zero-order valence-corrected chi connectivity index (χ0v) is 28.4. The zero-order chi connectivity index (χ0) is 34.2. The summed E-state index contributed by atoms with van der Waals surface area (Å²) in [5, 5.41) is 4.88. The van der Waals surface area contributed by atoms with Crippen LogP contribution in [0.2, 0.25) is 0 Å². The van der Waals surface area contributed by atoms with Crippen molar-refractivity contribution < 1.29 is 0 Å². The van der Waals surface area contributed by atoms with Gasteiger partial charge in [-0.3, -0.25) is 0 Å². The molecule has 2 aliphatic rings. The molecule has 0 amide bonds. The van der Waals surface area contributed by atoms with E-state index in [9.17, 15) is 0 Å². The third kappa shape index (κ3) is 4.31. The highest BCUT2D eigenvalue weighted by atomic mass is 15.2. The first-order chi connectivity index (χ1) is 25.8. The smallest absolute Gasteiger partial charge is 0.0540 e. The Hall–Kier alpha value is -6.90. The summed E-state index contributed by atoms with van der Waals surface area (Å²) >= 11 is 0. The summed E-state index contributed by atoms with van der Waals surface area (Å²) in [7, 11) is 0. The lowest BCUT2D eigenvalue weighted by molar-refractivity contribution is 1.30. The predicted molar refractivity (Wildman–Crippen MR) is 220 cm³/mol. The first-order valence-electron chi connectivity index (χ1n) is 17.9. The van der Waals surface area contributed by atoms with Gasteiger partial charge in [0.05, 0.1) is 22.7 Å². The van der Waals surface area contributed by atoms with E-state index in [1.807, 2.05) is 0 Å². The van der Waals surface area contributed by atoms with Crippen LogP contribution < -0.4 is 9.80 Å². The molecule has 0 atom stereocenters. The van der Waals surface area contributed by atoms with Crippen molar-refractivity contribution in [3.63, 3.8) is 0 Å². The number of fused-ring (bicyclic) bond motifs is 12. The monoisotopic (exact) mass is 660 g/mol. The molecule has 9 aromatic carbocycles. The molecule has 11 rings (SSSR count). The van der Waals surface area contributed by atoms with Gasteiger partial charge in [0.25, 0.3) is 0 Å². The van der Waals surface area contributed by atoms with E-state index >= 15 is 0 Å². The summed E-state index contributed by atoms with van der Waals surface area (Å²) < 4.78 is 0. The molecule has 0 saturated heterocycles. The van der Waals surface area contributed by atoms with E-state index in [1.54, 1.807) is 0 Å². The van der Waals surface area contributed by atoms with Crippen LogP contribution >= 0.6 is 0 Å². The lowest BCUT2D eigenvalue weighted by Crippen LogP contribution is -2.11. The standard InChI is InChI=1S/C50H32N2/c1-2-14-40-39(13-1)43-17-5-9-21-47(43)51(48-22-10-6-18-44(40)48)37-27-25-33-30-36-32-38(28-26-34(36)29-35(33)31-37)52-49-23-11-7-19-45(49)41-15-3-4-16-42(41)46-20-8-12-24-50(46)52/h1-32H. The first kappa shape index (κ1) is 28.9. The molecule has 0 radical (unpaired) electrons. The Labute approximate surface area is 303 Å². The second-order valence-electron chi connectivity index (χ2n) is 13.7. The van der Waals surface area contributed by atoms with Gasteiger partial charge in [0, 0.05) is 33.6 Å². The van der Waals surface area contributed by atoms with Gasteiger partial charge in [-0.05, 0) is 104 Å². The quantitative estimate of drug-likeness (QED) is 0.170. The Kier molecular flexibility index (Phi) is 6.28. The molecule has 0 aromatic heterocycles. The van der Waals surface area contributed by atoms with Crippen molar-refractivity contribution in [1.82, 2.24) is 0 Å². The highest BCUT2D eigenvalue weighted by molar-refractivity contribution is 6.07. The van der Waals surface area contributed by atoms with Crippen molar-refractivity contribution >= 4 is 55.7 Å². The molecule has 0 unspecified atom stereocenters. The fourth-order valence-corrected chi connectivity index (χ4v) is 8.56. The minimum atomic E-state index is 1.15. The topological polar surface area (TPSA) is 6.48 Å². The van der Waals surface area contributed by atoms with Crippen LogP contribution in [-0.4, -0.2) is 0 Å². The zero-order valence-electron chi connectivity index (χ0n) is 28.4. The van der Waals surface area contributed by atoms with E-state index in [0.717, 1.165) is 11.4 Å². The third-order valence-electron chi connectivity index (χ3n) is 10.9. The third-order valence-corrected chi connectivity index (χ3v) is 10.9. The number of nitrogens with zero attached hydrogens (tertiary/aromatic N) is 2. The molecule has 242 valence electrons. The Morgan fingerprint density at radius 2 is 0.481 bits per heavy atom. The van der Waals surface area contributed by atoms with Gasteiger partial charge >= 0.3 is 0 Å². The van der Waals surface area contributed by atoms with Crippen molar-refractivity contribution in [3.05, 3.63) is 194 Å². The van der Waals surface area contributed by atoms with Crippen LogP contribution in [0.5, 0.6) is 0 Å². The lowest BCUT2D eigenvalue weighted by atomic mass is 9.95. The van der Waals surface area contributed by atoms with Crippen LogP contribution in [0.1, 0.15) is 0 Å². The predicted octanol–water partition coefficient (Wildman–Crippen LogP) is 14.2. The van der Waals surface area contributed by atoms with Gasteiger partial charge in [-0.15, -0.1) is 0 Å². The Balaban J connectivity index is 1.06. The van der Waals surface area contributed by atoms with Crippen molar-refractivity contribution in [3.8, 4) is 44.5 Å². The Bertz CT molecular complexity index is 2550. The minimum Gasteiger partial charge on any atom is -0.309 e. The summed E-state index contributed by atoms with van der Waals surface area (Å²) in [4.78, 5) is 4.87. The summed E-state index contributed by atoms with van der Waals surface area (Å²) in [6.45, 7) is 0. The van der Waals surface area contributed by atoms with Crippen LogP contribution in [0, 0.1) is 0 Å². The fraction of sp³-hybridized carbons (Fsp3) is 0. The van der Waals surface area contributed by atoms with Gasteiger partial charge in [0.2, 0.25) is 0 Å². The molecule has 2 heteroatoms. The van der Waals surface area contributed by atoms with Crippen LogP contribution in [0.25, 0.3) is 66.1 Å². The Morgan fingerprint density at radius 3 is 0.788 bits per heavy atom. The van der Waals surface area contributed by atoms with Crippen LogP contribution in [0.3, 0.4) is 0 Å². The highest BCUT2D eigenvalue weighted by Gasteiger charge is 2.27. The van der Waals surface area contributed by atoms with Crippen molar-refractivity contribution in [2.75, 3.05) is 9.80 Å². The fourth-order valence-electron chi connectivity index (χ4n) is 8.56. The molecular formula is C50H32N2. The van der Waals surface area contributed by atoms with Gasteiger partial charge in [-0.25, -0.2) is 0 Å². The van der Waals surface area contributed by atoms with Gasteiger partial charge in [-0.1, -0.05) is 133 Å². The maximum absolute atomic E-state index is 2.43. The largest absolute Gasteiger partial charge is 0.309 e. The molecule has 9 aromatic rings. The molecule has 0 N–H and O–H groups in total. The average Bonchev–Trinajstić information content (AvgIpc) is 3.42. The minimum absolute atomic E-state index is 1.15. The molecule has 0 spiro atoms. The van der Waals surface area contributed by atoms with E-state index in [1.165, 1.54) is 88.8 Å². The average molecular weight is 661 g/mol. The molecular weight excluding hydrogens is 629 g/mol. The molecule has 2 heterocycles. The number of rotatable bonds is 2. The molecule has 0 fully saturated rings. The van der Waals surface area contributed by atoms with Crippen molar-refractivity contribution in [2.45, 2.75) is 0 Å². The van der Waals surface area contributed by atoms with Crippen molar-refractivity contribution in [1.29, 1.82) is 0 Å². The van der Waals surface area contributed by atoms with Gasteiger partial charge in [0.1, 0.15) is 0 Å². The van der Waals surface area contributed by atoms with Gasteiger partial charge in [0.15, 0.2) is 0 Å². The van der Waals surface area contributed by atoms with E-state index in [2.05, 4.69) is 204 Å². The summed E-state index contributed by atoms with van der Waals surface area (Å²) in [6, 6.07) is 71.2. The summed E-state index contributed by atoms with van der Waals surface area (Å²) in [5.41, 5.74) is 17.0. The number of benzene rings is 9. The second-order valence-corrected chi connectivity index (χ2v) is 13.7. The van der Waals surface area contributed by atoms with Crippen LogP contribution in [-0.2, 0) is 0 Å². The number of anilines is 6. The van der Waals surface area contributed by atoms with Gasteiger partial charge in [-0.2, -0.15) is 0 Å². The van der Waals surface area contributed by atoms with E-state index in [0.29, 0.717) is 0 Å². The van der Waals surface area contributed by atoms with E-state index < -0.39 is 0 Å². The Morgan fingerprint density at radius 1 is 0.212 bits per heavy atom. The molecule has 2 nitrogen and oxygen atoms in total. The molecule has 0 saturated carbocycles. The van der Waals surface area contributed by atoms with Crippen LogP contribution in [0.15, 0.2) is 194 Å². The molecule has 0 aliphatic carbocycles. The number of hydrogen-bond donors (Lipinski definition) is 0. The maximum Gasteiger partial charge on any atom is 0.0540 e. The second kappa shape index (κ2) is 11.3. The van der Waals surface area contributed by atoms with Crippen molar-refractivity contribution in [2.24, 2.45) is 0 Å². The molecule has 52 heavy (non-hydrogen) atoms. The number of hydrogen-bond acceptors (Lipinski definition) is 2. The normalized spacial score (nSPS) is 12.5. The number of para-hydroxylation sites is 4. The SMILES string of the molecule is c1ccc2c(c1)-c1ccccc1N(c1ccc3cc4cc(N5c6ccccc6-c6ccccc6-c6ccccc65)ccc4cc3c1)c1ccccc1-2. The van der Waals surface area contributed by atoms with E-state index in [-0.39, 0.29) is 0 Å². The first-order valence-corrected chi connectivity index (χ1v) is 17.9.